The minimum absolute atomic E-state index is 0. The third-order valence-corrected chi connectivity index (χ3v) is 3.56. The molecule has 1 rings (SSSR count). The Bertz CT molecular complexity index is 384. The maximum absolute atomic E-state index is 10.9. The van der Waals surface area contributed by atoms with E-state index in [4.69, 9.17) is 4.74 Å². The summed E-state index contributed by atoms with van der Waals surface area (Å²) in [4.78, 5) is 2.10. The van der Waals surface area contributed by atoms with E-state index >= 15 is 0 Å². The van der Waals surface area contributed by atoms with Crippen LogP contribution in [-0.2, 0) is 5.60 Å². The second kappa shape index (κ2) is 7.73. The molecule has 0 heterocycles. The van der Waals surface area contributed by atoms with Crippen LogP contribution in [0.1, 0.15) is 25.8 Å². The number of hydrogen-bond donors (Lipinski definition) is 1. The van der Waals surface area contributed by atoms with E-state index in [2.05, 4.69) is 11.8 Å². The van der Waals surface area contributed by atoms with Gasteiger partial charge in [0.2, 0.25) is 0 Å². The molecule has 1 N–H and O–H groups in total. The molecule has 110 valence electrons. The van der Waals surface area contributed by atoms with Crippen LogP contribution in [0.5, 0.6) is 5.75 Å². The summed E-state index contributed by atoms with van der Waals surface area (Å²) in [5, 5.41) is 10.9. The molecule has 0 radical (unpaired) electrons. The first-order valence-electron chi connectivity index (χ1n) is 6.45. The van der Waals surface area contributed by atoms with Crippen LogP contribution in [0.15, 0.2) is 24.3 Å². The molecular formula is C15H26ClNO2. The van der Waals surface area contributed by atoms with E-state index in [1.165, 1.54) is 0 Å². The average Bonchev–Trinajstić information content (AvgIpc) is 2.37. The predicted octanol–water partition coefficient (Wildman–Crippen LogP) is 2.91. The summed E-state index contributed by atoms with van der Waals surface area (Å²) in [5.41, 5.74) is 0.123. The normalized spacial score (nSPS) is 15.5. The molecule has 0 aliphatic rings. The van der Waals surface area contributed by atoms with Gasteiger partial charge in [-0.25, -0.2) is 0 Å². The molecule has 0 unspecified atom stereocenters. The zero-order chi connectivity index (χ0) is 13.8. The zero-order valence-electron chi connectivity index (χ0n) is 12.5. The summed E-state index contributed by atoms with van der Waals surface area (Å²) in [5.74, 6) is 0.945. The van der Waals surface area contributed by atoms with Gasteiger partial charge in [0, 0.05) is 12.5 Å². The summed E-state index contributed by atoms with van der Waals surface area (Å²) in [6.45, 7) is 4.95. The first-order chi connectivity index (χ1) is 8.43. The van der Waals surface area contributed by atoms with Crippen molar-refractivity contribution in [1.82, 2.24) is 4.90 Å². The van der Waals surface area contributed by atoms with Crippen LogP contribution in [-0.4, -0.2) is 37.8 Å². The quantitative estimate of drug-likeness (QED) is 0.873. The summed E-state index contributed by atoms with van der Waals surface area (Å²) in [7, 11) is 5.70. The van der Waals surface area contributed by atoms with E-state index in [-0.39, 0.29) is 18.3 Å². The Labute approximate surface area is 123 Å². The molecule has 3 nitrogen and oxygen atoms in total. The molecule has 0 saturated carbocycles. The fourth-order valence-electron chi connectivity index (χ4n) is 2.43. The minimum atomic E-state index is -0.807. The van der Waals surface area contributed by atoms with Crippen molar-refractivity contribution < 1.29 is 9.84 Å². The van der Waals surface area contributed by atoms with Crippen molar-refractivity contribution in [3.05, 3.63) is 29.8 Å². The highest BCUT2D eigenvalue weighted by atomic mass is 35.5. The van der Waals surface area contributed by atoms with E-state index in [9.17, 15) is 5.11 Å². The van der Waals surface area contributed by atoms with Crippen molar-refractivity contribution >= 4 is 12.4 Å². The third kappa shape index (κ3) is 4.37. The third-order valence-electron chi connectivity index (χ3n) is 3.56. The molecule has 1 aromatic rings. The fraction of sp³-hybridized carbons (Fsp3) is 0.600. The lowest BCUT2D eigenvalue weighted by atomic mass is 9.80. The first-order valence-corrected chi connectivity index (χ1v) is 6.45. The Balaban J connectivity index is 0.00000324. The van der Waals surface area contributed by atoms with Gasteiger partial charge >= 0.3 is 0 Å². The van der Waals surface area contributed by atoms with Crippen molar-refractivity contribution in [2.75, 3.05) is 27.7 Å². The Morgan fingerprint density at radius 1 is 1.37 bits per heavy atom. The van der Waals surface area contributed by atoms with Gasteiger partial charge in [0.1, 0.15) is 5.75 Å². The summed E-state index contributed by atoms with van der Waals surface area (Å²) < 4.78 is 5.23. The lowest BCUT2D eigenvalue weighted by Crippen LogP contribution is -2.38. The smallest absolute Gasteiger partial charge is 0.119 e. The Morgan fingerprint density at radius 3 is 2.47 bits per heavy atom. The van der Waals surface area contributed by atoms with Gasteiger partial charge in [0.25, 0.3) is 0 Å². The van der Waals surface area contributed by atoms with Crippen molar-refractivity contribution in [3.8, 4) is 5.75 Å². The standard InChI is InChI=1S/C15H25NO2.ClH/c1-6-15(17,12(2)11-16(3)4)13-8-7-9-14(10-13)18-5;/h7-10,12,17H,6,11H2,1-5H3;1H/t12-,15+;/m1./s1. The second-order valence-electron chi connectivity index (χ2n) is 5.17. The van der Waals surface area contributed by atoms with Gasteiger partial charge in [0.05, 0.1) is 12.7 Å². The van der Waals surface area contributed by atoms with Gasteiger partial charge in [-0.05, 0) is 38.2 Å². The molecule has 0 bridgehead atoms. The SMILES string of the molecule is CC[C@@](O)(c1cccc(OC)c1)[C@H](C)CN(C)C.Cl. The number of ether oxygens (including phenoxy) is 1. The van der Waals surface area contributed by atoms with Crippen molar-refractivity contribution in [3.63, 3.8) is 0 Å². The number of aliphatic hydroxyl groups is 1. The van der Waals surface area contributed by atoms with Gasteiger partial charge in [-0.3, -0.25) is 0 Å². The topological polar surface area (TPSA) is 32.7 Å². The molecule has 0 amide bonds. The lowest BCUT2D eigenvalue weighted by Gasteiger charge is -2.35. The molecular weight excluding hydrogens is 262 g/mol. The van der Waals surface area contributed by atoms with Crippen molar-refractivity contribution in [2.45, 2.75) is 25.9 Å². The maximum atomic E-state index is 10.9. The van der Waals surface area contributed by atoms with Gasteiger partial charge in [-0.15, -0.1) is 12.4 Å². The average molecular weight is 288 g/mol. The molecule has 0 aliphatic heterocycles. The van der Waals surface area contributed by atoms with E-state index in [0.717, 1.165) is 17.9 Å². The molecule has 2 atom stereocenters. The van der Waals surface area contributed by atoms with Gasteiger partial charge in [-0.1, -0.05) is 26.0 Å². The molecule has 1 aromatic carbocycles. The largest absolute Gasteiger partial charge is 0.497 e. The Kier molecular flexibility index (Phi) is 7.42. The lowest BCUT2D eigenvalue weighted by molar-refractivity contribution is -0.0293. The van der Waals surface area contributed by atoms with Crippen molar-refractivity contribution in [2.24, 2.45) is 5.92 Å². The van der Waals surface area contributed by atoms with E-state index in [1.807, 2.05) is 45.3 Å². The van der Waals surface area contributed by atoms with Crippen LogP contribution in [0.2, 0.25) is 0 Å². The van der Waals surface area contributed by atoms with E-state index in [0.29, 0.717) is 6.42 Å². The maximum Gasteiger partial charge on any atom is 0.119 e. The zero-order valence-corrected chi connectivity index (χ0v) is 13.3. The van der Waals surface area contributed by atoms with Gasteiger partial charge in [-0.2, -0.15) is 0 Å². The van der Waals surface area contributed by atoms with E-state index < -0.39 is 5.60 Å². The number of benzene rings is 1. The number of methoxy groups -OCH3 is 1. The monoisotopic (exact) mass is 287 g/mol. The number of halogens is 1. The highest BCUT2D eigenvalue weighted by Gasteiger charge is 2.34. The number of rotatable bonds is 6. The van der Waals surface area contributed by atoms with Crippen LogP contribution in [0.3, 0.4) is 0 Å². The summed E-state index contributed by atoms with van der Waals surface area (Å²) >= 11 is 0. The molecule has 0 spiro atoms. The number of nitrogens with zero attached hydrogens (tertiary/aromatic N) is 1. The van der Waals surface area contributed by atoms with Crippen LogP contribution in [0, 0.1) is 5.92 Å². The molecule has 0 aromatic heterocycles. The highest BCUT2D eigenvalue weighted by molar-refractivity contribution is 5.85. The summed E-state index contributed by atoms with van der Waals surface area (Å²) in [6.07, 6.45) is 0.690. The van der Waals surface area contributed by atoms with Gasteiger partial charge < -0.3 is 14.7 Å². The predicted molar refractivity (Wildman–Crippen MR) is 82.1 cm³/mol. The van der Waals surface area contributed by atoms with Crippen LogP contribution in [0.25, 0.3) is 0 Å². The molecule has 0 aliphatic carbocycles. The number of hydrogen-bond acceptors (Lipinski definition) is 3. The fourth-order valence-corrected chi connectivity index (χ4v) is 2.43. The van der Waals surface area contributed by atoms with Gasteiger partial charge in [0.15, 0.2) is 0 Å². The highest BCUT2D eigenvalue weighted by Crippen LogP contribution is 2.34. The van der Waals surface area contributed by atoms with E-state index in [1.54, 1.807) is 7.11 Å². The molecule has 0 saturated heterocycles. The van der Waals surface area contributed by atoms with Crippen LogP contribution in [0.4, 0.5) is 0 Å². The Hall–Kier alpha value is -0.770. The summed E-state index contributed by atoms with van der Waals surface area (Å²) in [6, 6.07) is 7.72. The molecule has 19 heavy (non-hydrogen) atoms. The molecule has 4 heteroatoms. The first kappa shape index (κ1) is 18.2. The van der Waals surface area contributed by atoms with Crippen LogP contribution < -0.4 is 4.74 Å². The second-order valence-corrected chi connectivity index (χ2v) is 5.17. The minimum Gasteiger partial charge on any atom is -0.497 e. The molecule has 0 fully saturated rings. The van der Waals surface area contributed by atoms with Crippen LogP contribution >= 0.6 is 12.4 Å². The Morgan fingerprint density at radius 2 is 2.00 bits per heavy atom. The van der Waals surface area contributed by atoms with Crippen molar-refractivity contribution in [1.29, 1.82) is 0 Å².